The molecule has 0 aliphatic carbocycles. The van der Waals surface area contributed by atoms with Gasteiger partial charge in [-0.15, -0.1) is 0 Å². The van der Waals surface area contributed by atoms with Crippen molar-refractivity contribution in [3.05, 3.63) is 34.3 Å². The van der Waals surface area contributed by atoms with E-state index in [-0.39, 0.29) is 0 Å². The van der Waals surface area contributed by atoms with Crippen LogP contribution in [0.25, 0.3) is 0 Å². The fourth-order valence-electron chi connectivity index (χ4n) is 1.14. The van der Waals surface area contributed by atoms with Gasteiger partial charge < -0.3 is 5.73 Å². The molecule has 1 nitrogen and oxygen atoms in total. The number of aryl methyl sites for hydroxylation is 1. The highest BCUT2D eigenvalue weighted by molar-refractivity contribution is 7.98. The van der Waals surface area contributed by atoms with Crippen LogP contribution in [0.3, 0.4) is 0 Å². The molecule has 0 bridgehead atoms. The Morgan fingerprint density at radius 3 is 2.86 bits per heavy atom. The van der Waals surface area contributed by atoms with Gasteiger partial charge in [0.15, 0.2) is 0 Å². The number of hydrogen-bond acceptors (Lipinski definition) is 2. The van der Waals surface area contributed by atoms with Crippen molar-refractivity contribution in [3.8, 4) is 0 Å². The minimum Gasteiger partial charge on any atom is -0.330 e. The fourth-order valence-corrected chi connectivity index (χ4v) is 2.50. The molecular formula is C11H16ClNS. The smallest absolute Gasteiger partial charge is 0.0449 e. The molecule has 0 spiro atoms. The van der Waals surface area contributed by atoms with Gasteiger partial charge in [0.25, 0.3) is 0 Å². The van der Waals surface area contributed by atoms with Gasteiger partial charge in [-0.3, -0.25) is 0 Å². The van der Waals surface area contributed by atoms with Gasteiger partial charge in [0, 0.05) is 10.8 Å². The van der Waals surface area contributed by atoms with Crippen LogP contribution >= 0.6 is 23.4 Å². The first kappa shape index (κ1) is 11.9. The SMILES string of the molecule is Cc1ccc(CSCCCN)c(Cl)c1. The van der Waals surface area contributed by atoms with Crippen LogP contribution in [0.2, 0.25) is 5.02 Å². The number of hydrogen-bond donors (Lipinski definition) is 1. The van der Waals surface area contributed by atoms with Crippen molar-refractivity contribution in [1.29, 1.82) is 0 Å². The van der Waals surface area contributed by atoms with Crippen LogP contribution < -0.4 is 5.73 Å². The molecule has 0 unspecified atom stereocenters. The highest BCUT2D eigenvalue weighted by atomic mass is 35.5. The van der Waals surface area contributed by atoms with Crippen LogP contribution in [0, 0.1) is 6.92 Å². The highest BCUT2D eigenvalue weighted by Gasteiger charge is 1.99. The first-order valence-electron chi connectivity index (χ1n) is 4.77. The van der Waals surface area contributed by atoms with E-state index in [1.54, 1.807) is 0 Å². The van der Waals surface area contributed by atoms with Gasteiger partial charge in [-0.2, -0.15) is 11.8 Å². The van der Waals surface area contributed by atoms with Crippen LogP contribution in [-0.4, -0.2) is 12.3 Å². The molecule has 0 radical (unpaired) electrons. The van der Waals surface area contributed by atoms with Gasteiger partial charge >= 0.3 is 0 Å². The number of benzene rings is 1. The highest BCUT2D eigenvalue weighted by Crippen LogP contribution is 2.22. The van der Waals surface area contributed by atoms with Gasteiger partial charge in [0.05, 0.1) is 0 Å². The number of halogens is 1. The molecule has 78 valence electrons. The summed E-state index contributed by atoms with van der Waals surface area (Å²) in [5, 5.41) is 0.880. The zero-order chi connectivity index (χ0) is 10.4. The van der Waals surface area contributed by atoms with Crippen molar-refractivity contribution in [1.82, 2.24) is 0 Å². The summed E-state index contributed by atoms with van der Waals surface area (Å²) >= 11 is 7.99. The molecule has 0 aromatic heterocycles. The molecule has 0 saturated heterocycles. The molecule has 0 amide bonds. The van der Waals surface area contributed by atoms with Gasteiger partial charge in [0.1, 0.15) is 0 Å². The van der Waals surface area contributed by atoms with Gasteiger partial charge in [-0.1, -0.05) is 23.7 Å². The number of thioether (sulfide) groups is 1. The molecule has 1 aromatic rings. The molecular weight excluding hydrogens is 214 g/mol. The Hall–Kier alpha value is -0.180. The van der Waals surface area contributed by atoms with Gasteiger partial charge in [-0.05, 0) is 42.8 Å². The number of nitrogens with two attached hydrogens (primary N) is 1. The van der Waals surface area contributed by atoms with Crippen LogP contribution in [0.1, 0.15) is 17.5 Å². The van der Waals surface area contributed by atoms with E-state index in [1.807, 2.05) is 17.8 Å². The second-order valence-electron chi connectivity index (χ2n) is 3.29. The monoisotopic (exact) mass is 229 g/mol. The average molecular weight is 230 g/mol. The summed E-state index contributed by atoms with van der Waals surface area (Å²) < 4.78 is 0. The minimum atomic E-state index is 0.772. The predicted molar refractivity (Wildman–Crippen MR) is 66.0 cm³/mol. The third kappa shape index (κ3) is 3.91. The van der Waals surface area contributed by atoms with E-state index in [1.165, 1.54) is 11.1 Å². The quantitative estimate of drug-likeness (QED) is 0.785. The summed E-state index contributed by atoms with van der Waals surface area (Å²) in [6.45, 7) is 2.83. The summed E-state index contributed by atoms with van der Waals surface area (Å²) in [5.74, 6) is 2.10. The van der Waals surface area contributed by atoms with E-state index in [0.29, 0.717) is 0 Å². The topological polar surface area (TPSA) is 26.0 Å². The van der Waals surface area contributed by atoms with Gasteiger partial charge in [0.2, 0.25) is 0 Å². The first-order chi connectivity index (χ1) is 6.74. The lowest BCUT2D eigenvalue weighted by Gasteiger charge is -2.04. The molecule has 0 heterocycles. The molecule has 1 rings (SSSR count). The van der Waals surface area contributed by atoms with Crippen molar-refractivity contribution in [2.75, 3.05) is 12.3 Å². The summed E-state index contributed by atoms with van der Waals surface area (Å²) in [6, 6.07) is 6.22. The van der Waals surface area contributed by atoms with Crippen LogP contribution in [-0.2, 0) is 5.75 Å². The molecule has 14 heavy (non-hydrogen) atoms. The Morgan fingerprint density at radius 2 is 2.21 bits per heavy atom. The Kier molecular flexibility index (Phi) is 5.38. The van der Waals surface area contributed by atoms with E-state index in [4.69, 9.17) is 17.3 Å². The largest absolute Gasteiger partial charge is 0.330 e. The summed E-state index contributed by atoms with van der Waals surface area (Å²) in [5.41, 5.74) is 7.85. The maximum absolute atomic E-state index is 6.10. The lowest BCUT2D eigenvalue weighted by Crippen LogP contribution is -1.99. The van der Waals surface area contributed by atoms with Crippen LogP contribution in [0.5, 0.6) is 0 Å². The third-order valence-electron chi connectivity index (χ3n) is 1.96. The third-order valence-corrected chi connectivity index (χ3v) is 3.40. The second kappa shape index (κ2) is 6.33. The zero-order valence-electron chi connectivity index (χ0n) is 8.42. The first-order valence-corrected chi connectivity index (χ1v) is 6.30. The summed E-state index contributed by atoms with van der Waals surface area (Å²) in [4.78, 5) is 0. The molecule has 3 heteroatoms. The standard InChI is InChI=1S/C11H16ClNS/c1-9-3-4-10(11(12)7-9)8-14-6-2-5-13/h3-4,7H,2,5-6,8,13H2,1H3. The van der Waals surface area contributed by atoms with Crippen molar-refractivity contribution in [2.24, 2.45) is 5.73 Å². The molecule has 1 aromatic carbocycles. The lowest BCUT2D eigenvalue weighted by atomic mass is 10.2. The maximum Gasteiger partial charge on any atom is 0.0449 e. The molecule has 0 fully saturated rings. The van der Waals surface area contributed by atoms with E-state index in [2.05, 4.69) is 19.1 Å². The zero-order valence-corrected chi connectivity index (χ0v) is 10.00. The normalized spacial score (nSPS) is 10.5. The fraction of sp³-hybridized carbons (Fsp3) is 0.455. The molecule has 2 N–H and O–H groups in total. The van der Waals surface area contributed by atoms with Gasteiger partial charge in [-0.25, -0.2) is 0 Å². The summed E-state index contributed by atoms with van der Waals surface area (Å²) in [6.07, 6.45) is 1.08. The van der Waals surface area contributed by atoms with E-state index in [9.17, 15) is 0 Å². The van der Waals surface area contributed by atoms with Crippen molar-refractivity contribution in [3.63, 3.8) is 0 Å². The average Bonchev–Trinajstić information content (AvgIpc) is 2.15. The Bertz CT molecular complexity index is 289. The molecule has 0 atom stereocenters. The predicted octanol–water partition coefficient (Wildman–Crippen LogP) is 3.23. The number of rotatable bonds is 5. The van der Waals surface area contributed by atoms with E-state index in [0.717, 1.165) is 29.5 Å². The Balaban J connectivity index is 2.42. The molecule has 0 aliphatic heterocycles. The maximum atomic E-state index is 6.10. The second-order valence-corrected chi connectivity index (χ2v) is 4.80. The van der Waals surface area contributed by atoms with Crippen LogP contribution in [0.4, 0.5) is 0 Å². The van der Waals surface area contributed by atoms with Crippen molar-refractivity contribution < 1.29 is 0 Å². The Morgan fingerprint density at radius 1 is 1.43 bits per heavy atom. The molecule has 0 aliphatic rings. The summed E-state index contributed by atoms with van der Waals surface area (Å²) in [7, 11) is 0. The van der Waals surface area contributed by atoms with E-state index >= 15 is 0 Å². The van der Waals surface area contributed by atoms with E-state index < -0.39 is 0 Å². The Labute approximate surface area is 95.0 Å². The van der Waals surface area contributed by atoms with Crippen molar-refractivity contribution >= 4 is 23.4 Å². The van der Waals surface area contributed by atoms with Crippen LogP contribution in [0.15, 0.2) is 18.2 Å². The lowest BCUT2D eigenvalue weighted by molar-refractivity contribution is 0.943. The van der Waals surface area contributed by atoms with Crippen molar-refractivity contribution in [2.45, 2.75) is 19.1 Å². The minimum absolute atomic E-state index is 0.772. The molecule has 0 saturated carbocycles.